The molecule has 5 nitrogen and oxygen atoms in total. The fourth-order valence-electron chi connectivity index (χ4n) is 8.12. The third-order valence-corrected chi connectivity index (χ3v) is 11.3. The molecule has 4 atom stereocenters. The van der Waals surface area contributed by atoms with Gasteiger partial charge in [-0.25, -0.2) is 4.98 Å². The lowest BCUT2D eigenvalue weighted by molar-refractivity contribution is -0.145. The minimum absolute atomic E-state index is 0.0938. The summed E-state index contributed by atoms with van der Waals surface area (Å²) in [7, 11) is 0. The average Bonchev–Trinajstić information content (AvgIpc) is 3.64. The molecule has 4 aliphatic rings. The van der Waals surface area contributed by atoms with E-state index in [2.05, 4.69) is 76.7 Å². The normalized spacial score (nSPS) is 29.6. The third kappa shape index (κ3) is 6.00. The molecule has 0 spiro atoms. The number of nitrogens with zero attached hydrogens (tertiary/aromatic N) is 3. The SMILES string of the molecule is CC1(C2CN([C@@H](C(=O)O)C3CCCCC3)C[C@@H]2CN2CCC(c3csc(-c4ccccc4)n3)CC2)C=CC=CC1. The van der Waals surface area contributed by atoms with Gasteiger partial charge in [-0.2, -0.15) is 0 Å². The van der Waals surface area contributed by atoms with Crippen molar-refractivity contribution < 1.29 is 9.90 Å². The van der Waals surface area contributed by atoms with Crippen molar-refractivity contribution in [3.8, 4) is 10.6 Å². The molecule has 3 heterocycles. The van der Waals surface area contributed by atoms with E-state index in [9.17, 15) is 9.90 Å². The number of allylic oxidation sites excluding steroid dienone is 4. The molecule has 1 aromatic carbocycles. The zero-order valence-electron chi connectivity index (χ0n) is 24.0. The van der Waals surface area contributed by atoms with Crippen LogP contribution in [0.2, 0.25) is 0 Å². The number of hydrogen-bond donors (Lipinski definition) is 1. The molecule has 1 aromatic heterocycles. The van der Waals surface area contributed by atoms with Crippen molar-refractivity contribution in [1.29, 1.82) is 0 Å². The predicted molar refractivity (Wildman–Crippen MR) is 164 cm³/mol. The fraction of sp³-hybridized carbons (Fsp3) is 0.588. The average molecular weight is 560 g/mol. The first kappa shape index (κ1) is 27.9. The molecule has 2 unspecified atom stereocenters. The molecule has 2 aliphatic heterocycles. The van der Waals surface area contributed by atoms with Crippen LogP contribution in [0.15, 0.2) is 60.0 Å². The van der Waals surface area contributed by atoms with Gasteiger partial charge in [0.05, 0.1) is 5.69 Å². The van der Waals surface area contributed by atoms with Gasteiger partial charge in [-0.05, 0) is 68.4 Å². The van der Waals surface area contributed by atoms with E-state index in [1.807, 2.05) is 0 Å². The Balaban J connectivity index is 1.13. The first-order chi connectivity index (χ1) is 19.5. The van der Waals surface area contributed by atoms with Crippen LogP contribution in [-0.2, 0) is 4.79 Å². The largest absolute Gasteiger partial charge is 0.480 e. The van der Waals surface area contributed by atoms with Crippen LogP contribution in [0, 0.1) is 23.2 Å². The van der Waals surface area contributed by atoms with Gasteiger partial charge < -0.3 is 10.0 Å². The summed E-state index contributed by atoms with van der Waals surface area (Å²) >= 11 is 1.77. The first-order valence-electron chi connectivity index (χ1n) is 15.5. The van der Waals surface area contributed by atoms with Crippen molar-refractivity contribution in [3.05, 3.63) is 65.7 Å². The highest BCUT2D eigenvalue weighted by Crippen LogP contribution is 2.46. The van der Waals surface area contributed by atoms with Gasteiger partial charge in [0, 0.05) is 36.5 Å². The molecular formula is C34H45N3O2S. The summed E-state index contributed by atoms with van der Waals surface area (Å²) in [4.78, 5) is 22.7. The molecular weight excluding hydrogens is 514 g/mol. The van der Waals surface area contributed by atoms with Crippen LogP contribution in [-0.4, -0.2) is 64.6 Å². The van der Waals surface area contributed by atoms with Gasteiger partial charge in [0.25, 0.3) is 0 Å². The van der Waals surface area contributed by atoms with E-state index in [1.54, 1.807) is 11.3 Å². The second-order valence-corrected chi connectivity index (χ2v) is 13.9. The van der Waals surface area contributed by atoms with Gasteiger partial charge in [0.15, 0.2) is 0 Å². The Labute approximate surface area is 244 Å². The van der Waals surface area contributed by atoms with Crippen LogP contribution >= 0.6 is 11.3 Å². The maximum absolute atomic E-state index is 12.6. The summed E-state index contributed by atoms with van der Waals surface area (Å²) in [6.07, 6.45) is 18.2. The predicted octanol–water partition coefficient (Wildman–Crippen LogP) is 7.09. The van der Waals surface area contributed by atoms with Gasteiger partial charge >= 0.3 is 5.97 Å². The zero-order chi connectivity index (χ0) is 27.5. The highest BCUT2D eigenvalue weighted by atomic mass is 32.1. The number of aromatic nitrogens is 1. The summed E-state index contributed by atoms with van der Waals surface area (Å²) in [5.74, 6) is 1.20. The lowest BCUT2D eigenvalue weighted by Gasteiger charge is -2.40. The van der Waals surface area contributed by atoms with Gasteiger partial charge in [-0.1, -0.05) is 80.8 Å². The van der Waals surface area contributed by atoms with E-state index in [-0.39, 0.29) is 11.5 Å². The molecule has 0 amide bonds. The molecule has 3 fully saturated rings. The number of aliphatic carboxylic acids is 1. The van der Waals surface area contributed by atoms with Gasteiger partial charge in [0.2, 0.25) is 0 Å². The maximum Gasteiger partial charge on any atom is 0.321 e. The first-order valence-corrected chi connectivity index (χ1v) is 16.4. The van der Waals surface area contributed by atoms with Crippen molar-refractivity contribution >= 4 is 17.3 Å². The van der Waals surface area contributed by atoms with E-state index in [0.717, 1.165) is 69.8 Å². The van der Waals surface area contributed by atoms with Crippen LogP contribution in [0.4, 0.5) is 0 Å². The van der Waals surface area contributed by atoms with E-state index >= 15 is 0 Å². The van der Waals surface area contributed by atoms with Crippen molar-refractivity contribution in [2.24, 2.45) is 23.2 Å². The smallest absolute Gasteiger partial charge is 0.321 e. The Morgan fingerprint density at radius 2 is 1.85 bits per heavy atom. The molecule has 2 saturated heterocycles. The number of likely N-dealkylation sites (tertiary alicyclic amines) is 2. The molecule has 6 heteroatoms. The van der Waals surface area contributed by atoms with E-state index in [1.165, 1.54) is 30.5 Å². The fourth-order valence-corrected chi connectivity index (χ4v) is 9.03. The number of thiazole rings is 1. The van der Waals surface area contributed by atoms with Crippen molar-refractivity contribution in [2.45, 2.75) is 70.3 Å². The summed E-state index contributed by atoms with van der Waals surface area (Å²) in [5, 5.41) is 13.8. The highest BCUT2D eigenvalue weighted by molar-refractivity contribution is 7.13. The number of carboxylic acid groups (broad SMARTS) is 1. The topological polar surface area (TPSA) is 56.7 Å². The summed E-state index contributed by atoms with van der Waals surface area (Å²) in [6.45, 7) is 7.50. The second-order valence-electron chi connectivity index (χ2n) is 13.0. The van der Waals surface area contributed by atoms with E-state index in [0.29, 0.717) is 23.7 Å². The molecule has 0 radical (unpaired) electrons. The lowest BCUT2D eigenvalue weighted by atomic mass is 9.68. The molecule has 40 heavy (non-hydrogen) atoms. The summed E-state index contributed by atoms with van der Waals surface area (Å²) in [6, 6.07) is 10.2. The number of piperidine rings is 1. The number of carbonyl (C=O) groups is 1. The number of hydrogen-bond acceptors (Lipinski definition) is 5. The lowest BCUT2D eigenvalue weighted by Crippen LogP contribution is -2.46. The van der Waals surface area contributed by atoms with Crippen LogP contribution in [0.5, 0.6) is 0 Å². The minimum Gasteiger partial charge on any atom is -0.480 e. The van der Waals surface area contributed by atoms with Crippen molar-refractivity contribution in [3.63, 3.8) is 0 Å². The molecule has 1 saturated carbocycles. The summed E-state index contributed by atoms with van der Waals surface area (Å²) in [5.41, 5.74) is 2.56. The molecule has 6 rings (SSSR count). The minimum atomic E-state index is -0.602. The molecule has 2 aliphatic carbocycles. The quantitative estimate of drug-likeness (QED) is 0.374. The van der Waals surface area contributed by atoms with Crippen LogP contribution in [0.3, 0.4) is 0 Å². The molecule has 1 N–H and O–H groups in total. The van der Waals surface area contributed by atoms with Crippen LogP contribution < -0.4 is 0 Å². The number of benzene rings is 1. The van der Waals surface area contributed by atoms with E-state index < -0.39 is 5.97 Å². The number of rotatable bonds is 8. The molecule has 214 valence electrons. The second kappa shape index (κ2) is 12.3. The van der Waals surface area contributed by atoms with Gasteiger partial charge in [-0.15, -0.1) is 11.3 Å². The standard InChI is InChI=1S/C34H45N3O2S/c1-34(17-9-4-10-18-34)29-23-37(31(33(38)39)26-11-5-2-6-12-26)22-28(29)21-36-19-15-25(16-20-36)30-24-40-32(35-30)27-13-7-3-8-14-27/h3-4,7-10,13-14,17,24-26,28-29,31H,2,5-6,11-12,15-16,18-23H2,1H3,(H,38,39)/t28-,29?,31+,34?/m0/s1. The van der Waals surface area contributed by atoms with Gasteiger partial charge in [-0.3, -0.25) is 9.69 Å². The Morgan fingerprint density at radius 3 is 2.55 bits per heavy atom. The zero-order valence-corrected chi connectivity index (χ0v) is 24.8. The maximum atomic E-state index is 12.6. The number of carboxylic acids is 1. The summed E-state index contributed by atoms with van der Waals surface area (Å²) < 4.78 is 0. The van der Waals surface area contributed by atoms with Crippen molar-refractivity contribution in [1.82, 2.24) is 14.8 Å². The van der Waals surface area contributed by atoms with Gasteiger partial charge in [0.1, 0.15) is 11.0 Å². The molecule has 2 aromatic rings. The monoisotopic (exact) mass is 559 g/mol. The van der Waals surface area contributed by atoms with Crippen LogP contribution in [0.25, 0.3) is 10.6 Å². The van der Waals surface area contributed by atoms with E-state index in [4.69, 9.17) is 4.98 Å². The molecule has 0 bridgehead atoms. The third-order valence-electron chi connectivity index (χ3n) is 10.4. The Hall–Kier alpha value is -2.28. The van der Waals surface area contributed by atoms with Crippen LogP contribution in [0.1, 0.15) is 69.9 Å². The highest BCUT2D eigenvalue weighted by Gasteiger charge is 2.48. The Bertz CT molecular complexity index is 1190. The van der Waals surface area contributed by atoms with Crippen molar-refractivity contribution in [2.75, 3.05) is 32.7 Å². The Morgan fingerprint density at radius 1 is 1.07 bits per heavy atom. The Kier molecular flexibility index (Phi) is 8.57.